The first-order valence-electron chi connectivity index (χ1n) is 7.45. The summed E-state index contributed by atoms with van der Waals surface area (Å²) < 4.78 is 0. The molecule has 0 amide bonds. The predicted molar refractivity (Wildman–Crippen MR) is 91.0 cm³/mol. The summed E-state index contributed by atoms with van der Waals surface area (Å²) in [6.07, 6.45) is 0. The molecule has 0 radical (unpaired) electrons. The van der Waals surface area contributed by atoms with E-state index in [0.29, 0.717) is 10.8 Å². The summed E-state index contributed by atoms with van der Waals surface area (Å²) in [5.74, 6) is -5.12. The molecule has 3 aromatic carbocycles. The topological polar surface area (TPSA) is 115 Å². The molecule has 0 unspecified atom stereocenters. The Bertz CT molecular complexity index is 1170. The number of aliphatic hydroxyl groups is 2. The first kappa shape index (κ1) is 15.0. The van der Waals surface area contributed by atoms with Crippen LogP contribution in [-0.2, 0) is 4.79 Å². The summed E-state index contributed by atoms with van der Waals surface area (Å²) in [5.41, 5.74) is 0.301. The molecule has 0 saturated carbocycles. The smallest absolute Gasteiger partial charge is 0.271 e. The molecule has 0 saturated heterocycles. The number of aryl methyl sites for hydroxylation is 1. The zero-order chi connectivity index (χ0) is 18.0. The molecule has 0 atom stereocenters. The lowest BCUT2D eigenvalue weighted by molar-refractivity contribution is -0.114. The van der Waals surface area contributed by atoms with E-state index in [1.54, 1.807) is 18.2 Å². The molecule has 1 aliphatic carbocycles. The van der Waals surface area contributed by atoms with E-state index in [2.05, 4.69) is 0 Å². The van der Waals surface area contributed by atoms with Crippen LogP contribution in [0.1, 0.15) is 21.5 Å². The summed E-state index contributed by atoms with van der Waals surface area (Å²) in [7, 11) is 0. The predicted octanol–water partition coefficient (Wildman–Crippen LogP) is 3.26. The lowest BCUT2D eigenvalue weighted by Gasteiger charge is -2.18. The van der Waals surface area contributed by atoms with Gasteiger partial charge in [0, 0.05) is 10.9 Å². The molecular weight excluding hydrogens is 324 g/mol. The van der Waals surface area contributed by atoms with Crippen LogP contribution in [0.5, 0.6) is 11.5 Å². The number of aromatic hydroxyl groups is 2. The van der Waals surface area contributed by atoms with Gasteiger partial charge in [-0.15, -0.1) is 0 Å². The largest absolute Gasteiger partial charge is 0.507 e. The van der Waals surface area contributed by atoms with Gasteiger partial charge >= 0.3 is 0 Å². The molecule has 0 aliphatic heterocycles. The van der Waals surface area contributed by atoms with Crippen LogP contribution in [0.4, 0.5) is 0 Å². The maximum atomic E-state index is 12.2. The second kappa shape index (κ2) is 4.73. The quantitative estimate of drug-likeness (QED) is 0.370. The number of hydrogen-bond donors (Lipinski definition) is 4. The van der Waals surface area contributed by atoms with Gasteiger partial charge in [0.1, 0.15) is 11.5 Å². The maximum Gasteiger partial charge on any atom is 0.271 e. The fourth-order valence-corrected chi connectivity index (χ4v) is 3.29. The number of phenols is 2. The molecule has 1 aliphatic rings. The molecule has 3 aromatic rings. The molecule has 0 aromatic heterocycles. The fourth-order valence-electron chi connectivity index (χ4n) is 3.29. The van der Waals surface area contributed by atoms with Crippen LogP contribution < -0.4 is 0 Å². The van der Waals surface area contributed by atoms with Gasteiger partial charge in [-0.25, -0.2) is 0 Å². The molecule has 0 fully saturated rings. The van der Waals surface area contributed by atoms with Gasteiger partial charge < -0.3 is 20.4 Å². The van der Waals surface area contributed by atoms with Crippen molar-refractivity contribution in [1.29, 1.82) is 0 Å². The van der Waals surface area contributed by atoms with Crippen LogP contribution in [0, 0.1) is 6.92 Å². The Hall–Kier alpha value is -3.54. The molecule has 6 heteroatoms. The van der Waals surface area contributed by atoms with E-state index in [4.69, 9.17) is 0 Å². The minimum absolute atomic E-state index is 0.00666. The lowest BCUT2D eigenvalue weighted by Crippen LogP contribution is -2.24. The number of Topliss-reactive ketones (excluding diaryl/α,β-unsaturated/α-hetero) is 2. The van der Waals surface area contributed by atoms with Gasteiger partial charge in [0.2, 0.25) is 11.5 Å². The number of aliphatic hydroxyl groups excluding tert-OH is 2. The van der Waals surface area contributed by atoms with Crippen molar-refractivity contribution in [3.63, 3.8) is 0 Å². The SMILES string of the molecule is Cc1cccc2c(O)c3c(O)c4c(cc3cc12)C(O)=C(O)C(=O)C4=O. The summed E-state index contributed by atoms with van der Waals surface area (Å²) in [4.78, 5) is 23.9. The number of fused-ring (bicyclic) bond motifs is 3. The van der Waals surface area contributed by atoms with E-state index in [-0.39, 0.29) is 16.7 Å². The van der Waals surface area contributed by atoms with Crippen molar-refractivity contribution in [3.05, 3.63) is 52.8 Å². The van der Waals surface area contributed by atoms with Gasteiger partial charge in [0.15, 0.2) is 5.76 Å². The third-order valence-corrected chi connectivity index (χ3v) is 4.58. The number of benzene rings is 3. The molecule has 4 rings (SSSR count). The Morgan fingerprint density at radius 1 is 0.800 bits per heavy atom. The number of phenolic OH excluding ortho intramolecular Hbond substituents is 2. The Kier molecular flexibility index (Phi) is 2.84. The molecule has 0 bridgehead atoms. The second-order valence-electron chi connectivity index (χ2n) is 6.00. The standard InChI is InChI=1S/C19H12O6/c1-7-3-2-4-9-10(7)5-8-6-11-13(16(22)12(8)14(9)20)17(23)19(25)18(24)15(11)21/h2-6,20-22,24H,1H3. The minimum atomic E-state index is -1.31. The molecule has 124 valence electrons. The Morgan fingerprint density at radius 3 is 2.24 bits per heavy atom. The molecule has 4 N–H and O–H groups in total. The van der Waals surface area contributed by atoms with E-state index in [0.717, 1.165) is 10.9 Å². The first-order valence-corrected chi connectivity index (χ1v) is 7.45. The molecule has 25 heavy (non-hydrogen) atoms. The number of carbonyl (C=O) groups excluding carboxylic acids is 2. The number of carbonyl (C=O) groups is 2. The van der Waals surface area contributed by atoms with E-state index in [9.17, 15) is 30.0 Å². The van der Waals surface area contributed by atoms with E-state index in [1.807, 2.05) is 13.0 Å². The van der Waals surface area contributed by atoms with E-state index < -0.39 is 34.4 Å². The average molecular weight is 336 g/mol. The average Bonchev–Trinajstić information content (AvgIpc) is 2.58. The Morgan fingerprint density at radius 2 is 1.52 bits per heavy atom. The third kappa shape index (κ3) is 1.79. The second-order valence-corrected chi connectivity index (χ2v) is 6.00. The maximum absolute atomic E-state index is 12.2. The Labute approximate surface area is 140 Å². The van der Waals surface area contributed by atoms with Crippen molar-refractivity contribution in [1.82, 2.24) is 0 Å². The van der Waals surface area contributed by atoms with Crippen LogP contribution >= 0.6 is 0 Å². The normalized spacial score (nSPS) is 14.4. The first-order chi connectivity index (χ1) is 11.8. The number of allylic oxidation sites excluding steroid dienone is 1. The highest BCUT2D eigenvalue weighted by atomic mass is 16.3. The fraction of sp³-hybridized carbons (Fsp3) is 0.0526. The van der Waals surface area contributed by atoms with Gasteiger partial charge in [-0.05, 0) is 35.4 Å². The van der Waals surface area contributed by atoms with Crippen molar-refractivity contribution in [2.75, 3.05) is 0 Å². The summed E-state index contributed by atoms with van der Waals surface area (Å²) in [6.45, 7) is 1.86. The van der Waals surface area contributed by atoms with Crippen LogP contribution in [0.25, 0.3) is 27.3 Å². The van der Waals surface area contributed by atoms with Crippen LogP contribution in [0.15, 0.2) is 36.1 Å². The van der Waals surface area contributed by atoms with Gasteiger partial charge in [0.25, 0.3) is 5.78 Å². The highest BCUT2D eigenvalue weighted by molar-refractivity contribution is 6.52. The number of rotatable bonds is 0. The molecule has 0 spiro atoms. The van der Waals surface area contributed by atoms with Gasteiger partial charge in [-0.3, -0.25) is 9.59 Å². The van der Waals surface area contributed by atoms with E-state index >= 15 is 0 Å². The lowest BCUT2D eigenvalue weighted by atomic mass is 9.87. The summed E-state index contributed by atoms with van der Waals surface area (Å²) in [5, 5.41) is 42.4. The van der Waals surface area contributed by atoms with Crippen molar-refractivity contribution in [2.24, 2.45) is 0 Å². The summed E-state index contributed by atoms with van der Waals surface area (Å²) >= 11 is 0. The van der Waals surface area contributed by atoms with Crippen molar-refractivity contribution >= 4 is 38.9 Å². The monoisotopic (exact) mass is 336 g/mol. The zero-order valence-electron chi connectivity index (χ0n) is 13.0. The van der Waals surface area contributed by atoms with E-state index in [1.165, 1.54) is 6.07 Å². The zero-order valence-corrected chi connectivity index (χ0v) is 13.0. The minimum Gasteiger partial charge on any atom is -0.507 e. The Balaban J connectivity index is 2.25. The van der Waals surface area contributed by atoms with Crippen LogP contribution in [0.2, 0.25) is 0 Å². The van der Waals surface area contributed by atoms with Gasteiger partial charge in [-0.2, -0.15) is 0 Å². The highest BCUT2D eigenvalue weighted by Crippen LogP contribution is 2.45. The summed E-state index contributed by atoms with van der Waals surface area (Å²) in [6, 6.07) is 8.33. The van der Waals surface area contributed by atoms with Gasteiger partial charge in [0.05, 0.1) is 10.9 Å². The molecule has 0 heterocycles. The van der Waals surface area contributed by atoms with Crippen LogP contribution in [-0.4, -0.2) is 32.0 Å². The van der Waals surface area contributed by atoms with Crippen molar-refractivity contribution in [3.8, 4) is 11.5 Å². The van der Waals surface area contributed by atoms with Gasteiger partial charge in [-0.1, -0.05) is 18.2 Å². The number of ketones is 2. The molecular formula is C19H12O6. The van der Waals surface area contributed by atoms with Crippen LogP contribution in [0.3, 0.4) is 0 Å². The third-order valence-electron chi connectivity index (χ3n) is 4.58. The highest BCUT2D eigenvalue weighted by Gasteiger charge is 2.36. The molecule has 6 nitrogen and oxygen atoms in total. The van der Waals surface area contributed by atoms with Crippen molar-refractivity contribution < 1.29 is 30.0 Å². The van der Waals surface area contributed by atoms with Crippen molar-refractivity contribution in [2.45, 2.75) is 6.92 Å². The number of hydrogen-bond acceptors (Lipinski definition) is 6.